The molecule has 1 aromatic rings. The fourth-order valence-corrected chi connectivity index (χ4v) is 1.87. The monoisotopic (exact) mass is 300 g/mol. The number of hydrogen-bond donors (Lipinski definition) is 0. The molecule has 3 nitrogen and oxygen atoms in total. The van der Waals surface area contributed by atoms with Crippen LogP contribution in [-0.2, 0) is 4.74 Å². The fourth-order valence-electron chi connectivity index (χ4n) is 1.65. The zero-order chi connectivity index (χ0) is 12.8. The summed E-state index contributed by atoms with van der Waals surface area (Å²) < 4.78 is 6.22. The zero-order valence-electron chi connectivity index (χ0n) is 11.0. The van der Waals surface area contributed by atoms with Gasteiger partial charge in [-0.15, -0.1) is 0 Å². The van der Waals surface area contributed by atoms with Crippen molar-refractivity contribution in [2.24, 2.45) is 0 Å². The van der Waals surface area contributed by atoms with E-state index in [4.69, 9.17) is 4.74 Å². The Kier molecular flexibility index (Phi) is 5.92. The third-order valence-corrected chi connectivity index (χ3v) is 3.82. The van der Waals surface area contributed by atoms with E-state index in [1.165, 1.54) is 5.56 Å². The maximum atomic E-state index is 5.16. The predicted octanol–water partition coefficient (Wildman–Crippen LogP) is 3.40. The molecule has 0 radical (unpaired) electrons. The smallest absolute Gasteiger partial charge is 0.129 e. The highest BCUT2D eigenvalue weighted by atomic mass is 79.9. The number of aryl methyl sites for hydroxylation is 1. The maximum Gasteiger partial charge on any atom is 0.129 e. The number of aromatic nitrogens is 1. The normalized spacial score (nSPS) is 12.5. The van der Waals surface area contributed by atoms with E-state index in [-0.39, 0.29) is 0 Å². The summed E-state index contributed by atoms with van der Waals surface area (Å²) in [5.74, 6) is 1.03. The van der Waals surface area contributed by atoms with Crippen molar-refractivity contribution in [3.05, 3.63) is 22.3 Å². The number of rotatable bonds is 6. The van der Waals surface area contributed by atoms with Crippen molar-refractivity contribution in [1.82, 2.24) is 4.98 Å². The van der Waals surface area contributed by atoms with E-state index >= 15 is 0 Å². The molecule has 0 aliphatic rings. The van der Waals surface area contributed by atoms with Gasteiger partial charge in [0.05, 0.1) is 6.61 Å². The Labute approximate surface area is 112 Å². The molecule has 96 valence electrons. The Balaban J connectivity index is 2.91. The highest BCUT2D eigenvalue weighted by molar-refractivity contribution is 9.10. The van der Waals surface area contributed by atoms with Crippen LogP contribution in [0.3, 0.4) is 0 Å². The molecule has 17 heavy (non-hydrogen) atoms. The molecule has 1 atom stereocenters. The van der Waals surface area contributed by atoms with Crippen molar-refractivity contribution in [2.45, 2.75) is 33.2 Å². The number of ether oxygens (including phenoxy) is 1. The first-order valence-electron chi connectivity index (χ1n) is 5.97. The van der Waals surface area contributed by atoms with Crippen LogP contribution >= 0.6 is 15.9 Å². The van der Waals surface area contributed by atoms with Gasteiger partial charge >= 0.3 is 0 Å². The van der Waals surface area contributed by atoms with Crippen molar-refractivity contribution in [3.63, 3.8) is 0 Å². The summed E-state index contributed by atoms with van der Waals surface area (Å²) in [4.78, 5) is 6.78. The Morgan fingerprint density at radius 2 is 2.24 bits per heavy atom. The zero-order valence-corrected chi connectivity index (χ0v) is 12.6. The topological polar surface area (TPSA) is 25.4 Å². The quantitative estimate of drug-likeness (QED) is 0.805. The second-order valence-corrected chi connectivity index (χ2v) is 5.09. The molecule has 0 N–H and O–H groups in total. The minimum Gasteiger partial charge on any atom is -0.383 e. The van der Waals surface area contributed by atoms with E-state index in [2.05, 4.69) is 52.7 Å². The van der Waals surface area contributed by atoms with Crippen LogP contribution < -0.4 is 4.90 Å². The maximum absolute atomic E-state index is 5.16. The minimum atomic E-state index is 0.471. The SMILES string of the molecule is CCC(C)N(CCOC)c1cc(C)c(Br)cn1. The van der Waals surface area contributed by atoms with Crippen LogP contribution in [0.1, 0.15) is 25.8 Å². The molecule has 1 aromatic heterocycles. The summed E-state index contributed by atoms with van der Waals surface area (Å²) in [5.41, 5.74) is 1.21. The summed E-state index contributed by atoms with van der Waals surface area (Å²) in [7, 11) is 1.73. The lowest BCUT2D eigenvalue weighted by atomic mass is 10.2. The third-order valence-electron chi connectivity index (χ3n) is 2.99. The van der Waals surface area contributed by atoms with Gasteiger partial charge in [0.25, 0.3) is 0 Å². The number of methoxy groups -OCH3 is 1. The molecule has 0 saturated heterocycles. The molecule has 0 aliphatic heterocycles. The first-order chi connectivity index (χ1) is 8.10. The van der Waals surface area contributed by atoms with E-state index in [1.54, 1.807) is 7.11 Å². The Morgan fingerprint density at radius 3 is 2.76 bits per heavy atom. The van der Waals surface area contributed by atoms with Gasteiger partial charge < -0.3 is 9.64 Å². The van der Waals surface area contributed by atoms with Gasteiger partial charge in [-0.25, -0.2) is 4.98 Å². The standard InChI is InChI=1S/C13H21BrN2O/c1-5-11(3)16(6-7-17-4)13-8-10(2)12(14)9-15-13/h8-9,11H,5-7H2,1-4H3. The van der Waals surface area contributed by atoms with Gasteiger partial charge in [-0.1, -0.05) is 6.92 Å². The van der Waals surface area contributed by atoms with E-state index in [9.17, 15) is 0 Å². The van der Waals surface area contributed by atoms with Crippen LogP contribution in [0, 0.1) is 6.92 Å². The van der Waals surface area contributed by atoms with E-state index in [1.807, 2.05) is 6.20 Å². The number of anilines is 1. The van der Waals surface area contributed by atoms with Crippen LogP contribution in [0.5, 0.6) is 0 Å². The summed E-state index contributed by atoms with van der Waals surface area (Å²) in [5, 5.41) is 0. The van der Waals surface area contributed by atoms with Gasteiger partial charge in [-0.3, -0.25) is 0 Å². The van der Waals surface area contributed by atoms with Crippen molar-refractivity contribution in [3.8, 4) is 0 Å². The van der Waals surface area contributed by atoms with Gasteiger partial charge in [-0.2, -0.15) is 0 Å². The summed E-state index contributed by atoms with van der Waals surface area (Å²) in [6, 6.07) is 2.59. The van der Waals surface area contributed by atoms with E-state index in [0.29, 0.717) is 6.04 Å². The molecule has 0 amide bonds. The van der Waals surface area contributed by atoms with Crippen molar-refractivity contribution < 1.29 is 4.74 Å². The van der Waals surface area contributed by atoms with Crippen LogP contribution in [0.4, 0.5) is 5.82 Å². The van der Waals surface area contributed by atoms with Crippen LogP contribution in [0.2, 0.25) is 0 Å². The predicted molar refractivity (Wildman–Crippen MR) is 75.6 cm³/mol. The lowest BCUT2D eigenvalue weighted by molar-refractivity contribution is 0.203. The molecule has 0 fully saturated rings. The van der Waals surface area contributed by atoms with Crippen molar-refractivity contribution in [1.29, 1.82) is 0 Å². The molecule has 0 aromatic carbocycles. The van der Waals surface area contributed by atoms with Gasteiger partial charge in [0.1, 0.15) is 5.82 Å². The van der Waals surface area contributed by atoms with Gasteiger partial charge in [0, 0.05) is 30.4 Å². The molecule has 1 rings (SSSR count). The van der Waals surface area contributed by atoms with Crippen molar-refractivity contribution >= 4 is 21.7 Å². The molecule has 0 saturated carbocycles. The Hall–Kier alpha value is -0.610. The lowest BCUT2D eigenvalue weighted by Gasteiger charge is -2.29. The van der Waals surface area contributed by atoms with E-state index in [0.717, 1.165) is 29.9 Å². The Morgan fingerprint density at radius 1 is 1.53 bits per heavy atom. The first-order valence-corrected chi connectivity index (χ1v) is 6.77. The average Bonchev–Trinajstić information content (AvgIpc) is 2.33. The first kappa shape index (κ1) is 14.5. The second-order valence-electron chi connectivity index (χ2n) is 4.24. The highest BCUT2D eigenvalue weighted by Gasteiger charge is 2.14. The van der Waals surface area contributed by atoms with Crippen molar-refractivity contribution in [2.75, 3.05) is 25.2 Å². The molecule has 0 bridgehead atoms. The largest absolute Gasteiger partial charge is 0.383 e. The number of nitrogens with zero attached hydrogens (tertiary/aromatic N) is 2. The molecular weight excluding hydrogens is 280 g/mol. The van der Waals surface area contributed by atoms with Gasteiger partial charge in [0.15, 0.2) is 0 Å². The third kappa shape index (κ3) is 3.96. The van der Waals surface area contributed by atoms with Crippen LogP contribution in [0.25, 0.3) is 0 Å². The fraction of sp³-hybridized carbons (Fsp3) is 0.615. The average molecular weight is 301 g/mol. The Bertz CT molecular complexity index is 357. The number of hydrogen-bond acceptors (Lipinski definition) is 3. The van der Waals surface area contributed by atoms with Crippen LogP contribution in [-0.4, -0.2) is 31.3 Å². The van der Waals surface area contributed by atoms with Gasteiger partial charge in [0.2, 0.25) is 0 Å². The highest BCUT2D eigenvalue weighted by Crippen LogP contribution is 2.22. The summed E-state index contributed by atoms with van der Waals surface area (Å²) >= 11 is 3.48. The molecule has 1 unspecified atom stereocenters. The molecule has 4 heteroatoms. The number of halogens is 1. The van der Waals surface area contributed by atoms with E-state index < -0.39 is 0 Å². The second kappa shape index (κ2) is 6.97. The molecule has 1 heterocycles. The molecular formula is C13H21BrN2O. The lowest BCUT2D eigenvalue weighted by Crippen LogP contribution is -2.36. The summed E-state index contributed by atoms with van der Waals surface area (Å²) in [6.45, 7) is 8.09. The molecule has 0 aliphatic carbocycles. The summed E-state index contributed by atoms with van der Waals surface area (Å²) in [6.07, 6.45) is 2.97. The van der Waals surface area contributed by atoms with Gasteiger partial charge in [-0.05, 0) is 47.8 Å². The van der Waals surface area contributed by atoms with Crippen LogP contribution in [0.15, 0.2) is 16.7 Å². The molecule has 0 spiro atoms. The number of pyridine rings is 1. The minimum absolute atomic E-state index is 0.471.